The molecule has 0 aliphatic carbocycles. The van der Waals surface area contributed by atoms with Gasteiger partial charge in [-0.1, -0.05) is 18.6 Å². The number of allylic oxidation sites excluding steroid dienone is 1. The first-order valence-corrected chi connectivity index (χ1v) is 6.73. The highest BCUT2D eigenvalue weighted by Gasteiger charge is 1.95. The van der Waals surface area contributed by atoms with Crippen LogP contribution in [0.15, 0.2) is 41.3 Å². The van der Waals surface area contributed by atoms with Gasteiger partial charge in [0.05, 0.1) is 6.61 Å². The van der Waals surface area contributed by atoms with Crippen molar-refractivity contribution in [1.82, 2.24) is 4.57 Å². The van der Waals surface area contributed by atoms with Gasteiger partial charge < -0.3 is 9.30 Å². The molecule has 0 aliphatic rings. The predicted molar refractivity (Wildman–Crippen MR) is 74.9 cm³/mol. The fourth-order valence-corrected chi connectivity index (χ4v) is 1.74. The third kappa shape index (κ3) is 6.60. The number of ether oxygens (including phenoxy) is 1. The lowest BCUT2D eigenvalue weighted by Gasteiger charge is -2.03. The molecule has 104 valence electrons. The van der Waals surface area contributed by atoms with Crippen molar-refractivity contribution in [3.63, 3.8) is 0 Å². The summed E-state index contributed by atoms with van der Waals surface area (Å²) < 4.78 is 6.49. The number of esters is 1. The minimum absolute atomic E-state index is 0.0460. The quantitative estimate of drug-likeness (QED) is 0.411. The number of pyridine rings is 1. The number of hydrogen-bond acceptors (Lipinski definition) is 3. The summed E-state index contributed by atoms with van der Waals surface area (Å²) in [5.74, 6) is -0.279. The van der Waals surface area contributed by atoms with E-state index in [9.17, 15) is 9.59 Å². The van der Waals surface area contributed by atoms with Crippen molar-refractivity contribution in [1.29, 1.82) is 0 Å². The second-order valence-electron chi connectivity index (χ2n) is 4.24. The molecule has 1 aromatic heterocycles. The summed E-state index contributed by atoms with van der Waals surface area (Å²) in [7, 11) is 0. The normalized spacial score (nSPS) is 10.8. The summed E-state index contributed by atoms with van der Waals surface area (Å²) in [6, 6.07) is 5.19. The van der Waals surface area contributed by atoms with Crippen molar-refractivity contribution in [2.75, 3.05) is 6.61 Å². The zero-order valence-electron chi connectivity index (χ0n) is 11.4. The number of aryl methyl sites for hydroxylation is 1. The lowest BCUT2D eigenvalue weighted by Crippen LogP contribution is -2.17. The number of unbranched alkanes of at least 4 members (excludes halogenated alkanes) is 3. The Morgan fingerprint density at radius 2 is 2.16 bits per heavy atom. The molecule has 0 bridgehead atoms. The monoisotopic (exact) mass is 263 g/mol. The molecule has 0 N–H and O–H groups in total. The van der Waals surface area contributed by atoms with Crippen LogP contribution in [0, 0.1) is 0 Å². The molecule has 0 aliphatic heterocycles. The molecule has 0 spiro atoms. The molecule has 1 rings (SSSR count). The average molecular weight is 263 g/mol. The van der Waals surface area contributed by atoms with E-state index in [2.05, 4.69) is 0 Å². The van der Waals surface area contributed by atoms with E-state index in [4.69, 9.17) is 4.74 Å². The number of rotatable bonds is 8. The highest BCUT2D eigenvalue weighted by atomic mass is 16.5. The molecule has 19 heavy (non-hydrogen) atoms. The molecule has 0 atom stereocenters. The molecule has 1 aromatic rings. The van der Waals surface area contributed by atoms with Crippen LogP contribution in [0.4, 0.5) is 0 Å². The maximum Gasteiger partial charge on any atom is 0.330 e. The first-order valence-electron chi connectivity index (χ1n) is 6.73. The molecule has 0 aromatic carbocycles. The van der Waals surface area contributed by atoms with Gasteiger partial charge in [0.1, 0.15) is 0 Å². The molecule has 4 nitrogen and oxygen atoms in total. The summed E-state index contributed by atoms with van der Waals surface area (Å²) in [6.45, 7) is 2.95. The molecule has 0 fully saturated rings. The van der Waals surface area contributed by atoms with Crippen LogP contribution < -0.4 is 5.56 Å². The van der Waals surface area contributed by atoms with Gasteiger partial charge >= 0.3 is 5.97 Å². The van der Waals surface area contributed by atoms with Gasteiger partial charge in [0.15, 0.2) is 0 Å². The Morgan fingerprint density at radius 1 is 1.32 bits per heavy atom. The fourth-order valence-electron chi connectivity index (χ4n) is 1.74. The summed E-state index contributed by atoms with van der Waals surface area (Å²) in [6.07, 6.45) is 9.01. The minimum atomic E-state index is -0.279. The summed E-state index contributed by atoms with van der Waals surface area (Å²) >= 11 is 0. The van der Waals surface area contributed by atoms with Crippen LogP contribution >= 0.6 is 0 Å². The zero-order chi connectivity index (χ0) is 13.9. The Bertz CT molecular complexity index is 462. The van der Waals surface area contributed by atoms with Crippen molar-refractivity contribution >= 4 is 5.97 Å². The van der Waals surface area contributed by atoms with Gasteiger partial charge in [0.2, 0.25) is 5.56 Å². The molecular formula is C15H21NO3. The average Bonchev–Trinajstić information content (AvgIpc) is 2.40. The third-order valence-corrected chi connectivity index (χ3v) is 2.71. The van der Waals surface area contributed by atoms with Crippen molar-refractivity contribution in [3.05, 3.63) is 46.9 Å². The first-order chi connectivity index (χ1) is 9.24. The summed E-state index contributed by atoms with van der Waals surface area (Å²) in [4.78, 5) is 22.4. The van der Waals surface area contributed by atoms with Gasteiger partial charge in [-0.15, -0.1) is 0 Å². The molecule has 0 saturated carbocycles. The molecular weight excluding hydrogens is 242 g/mol. The van der Waals surface area contributed by atoms with Crippen molar-refractivity contribution in [3.8, 4) is 0 Å². The van der Waals surface area contributed by atoms with Crippen LogP contribution in [0.2, 0.25) is 0 Å². The zero-order valence-corrected chi connectivity index (χ0v) is 11.4. The lowest BCUT2D eigenvalue weighted by molar-refractivity contribution is -0.137. The third-order valence-electron chi connectivity index (χ3n) is 2.71. The lowest BCUT2D eigenvalue weighted by atomic mass is 10.2. The van der Waals surface area contributed by atoms with Crippen LogP contribution in [0.5, 0.6) is 0 Å². The SMILES string of the molecule is CCOC(=O)/C=C/CCCCCn1ccccc1=O. The maximum atomic E-state index is 11.4. The Balaban J connectivity index is 2.10. The number of aromatic nitrogens is 1. The van der Waals surface area contributed by atoms with E-state index in [1.807, 2.05) is 18.3 Å². The molecule has 0 amide bonds. The van der Waals surface area contributed by atoms with Crippen molar-refractivity contribution < 1.29 is 9.53 Å². The van der Waals surface area contributed by atoms with Crippen LogP contribution in [0.3, 0.4) is 0 Å². The van der Waals surface area contributed by atoms with E-state index in [1.54, 1.807) is 23.6 Å². The number of hydrogen-bond donors (Lipinski definition) is 0. The largest absolute Gasteiger partial charge is 0.463 e. The van der Waals surface area contributed by atoms with Crippen molar-refractivity contribution in [2.24, 2.45) is 0 Å². The van der Waals surface area contributed by atoms with Gasteiger partial charge in [-0.25, -0.2) is 4.79 Å². The molecule has 4 heteroatoms. The topological polar surface area (TPSA) is 48.3 Å². The molecule has 0 radical (unpaired) electrons. The summed E-state index contributed by atoms with van der Waals surface area (Å²) in [5, 5.41) is 0. The van der Waals surface area contributed by atoms with Crippen molar-refractivity contribution in [2.45, 2.75) is 39.2 Å². The van der Waals surface area contributed by atoms with Crippen LogP contribution in [0.25, 0.3) is 0 Å². The molecule has 1 heterocycles. The second kappa shape index (κ2) is 9.14. The number of nitrogens with zero attached hydrogens (tertiary/aromatic N) is 1. The maximum absolute atomic E-state index is 11.4. The Labute approximate surface area is 113 Å². The van der Waals surface area contributed by atoms with E-state index in [1.165, 1.54) is 6.08 Å². The summed E-state index contributed by atoms with van der Waals surface area (Å²) in [5.41, 5.74) is 0.0460. The van der Waals surface area contributed by atoms with Gasteiger partial charge in [0, 0.05) is 24.9 Å². The standard InChI is InChI=1S/C15H21NO3/c1-2-19-15(18)11-6-4-3-5-8-12-16-13-9-7-10-14(16)17/h6-7,9-11,13H,2-5,8,12H2,1H3/b11-6+. The highest BCUT2D eigenvalue weighted by Crippen LogP contribution is 2.02. The van der Waals surface area contributed by atoms with Gasteiger partial charge in [-0.3, -0.25) is 4.79 Å². The highest BCUT2D eigenvalue weighted by molar-refractivity contribution is 5.81. The Morgan fingerprint density at radius 3 is 2.89 bits per heavy atom. The van der Waals surface area contributed by atoms with Gasteiger partial charge in [0.25, 0.3) is 0 Å². The van der Waals surface area contributed by atoms with Crippen LogP contribution in [0.1, 0.15) is 32.6 Å². The Kier molecular flexibility index (Phi) is 7.32. The van der Waals surface area contributed by atoms with E-state index in [0.717, 1.165) is 32.2 Å². The minimum Gasteiger partial charge on any atom is -0.463 e. The van der Waals surface area contributed by atoms with Crippen LogP contribution in [-0.4, -0.2) is 17.1 Å². The van der Waals surface area contributed by atoms with Gasteiger partial charge in [-0.2, -0.15) is 0 Å². The first kappa shape index (κ1) is 15.2. The Hall–Kier alpha value is -1.84. The van der Waals surface area contributed by atoms with E-state index >= 15 is 0 Å². The van der Waals surface area contributed by atoms with E-state index in [-0.39, 0.29) is 11.5 Å². The second-order valence-corrected chi connectivity index (χ2v) is 4.24. The molecule has 0 unspecified atom stereocenters. The smallest absolute Gasteiger partial charge is 0.330 e. The van der Waals surface area contributed by atoms with Crippen LogP contribution in [-0.2, 0) is 16.1 Å². The molecule has 0 saturated heterocycles. The van der Waals surface area contributed by atoms with E-state index in [0.29, 0.717) is 6.61 Å². The number of carbonyl (C=O) groups is 1. The fraction of sp³-hybridized carbons (Fsp3) is 0.467. The van der Waals surface area contributed by atoms with Gasteiger partial charge in [-0.05, 0) is 32.3 Å². The predicted octanol–water partition coefficient (Wildman–Crippen LogP) is 2.53. The van der Waals surface area contributed by atoms with E-state index < -0.39 is 0 Å². The number of carbonyl (C=O) groups excluding carboxylic acids is 1.